The molecule has 2 aromatic carbocycles. The van der Waals surface area contributed by atoms with Crippen LogP contribution in [0, 0.1) is 10.1 Å². The molecule has 0 aliphatic carbocycles. The molecule has 3 rings (SSSR count). The molecule has 0 atom stereocenters. The summed E-state index contributed by atoms with van der Waals surface area (Å²) in [6.45, 7) is 1.77. The van der Waals surface area contributed by atoms with Crippen molar-refractivity contribution in [3.63, 3.8) is 0 Å². The van der Waals surface area contributed by atoms with E-state index in [1.807, 2.05) is 0 Å². The number of rotatable bonds is 4. The van der Waals surface area contributed by atoms with Gasteiger partial charge in [0.25, 0.3) is 11.2 Å². The third-order valence-corrected chi connectivity index (χ3v) is 4.41. The number of nitrogens with zero attached hydrogens (tertiary/aromatic N) is 2. The van der Waals surface area contributed by atoms with Gasteiger partial charge in [-0.2, -0.15) is 0 Å². The number of non-ortho nitro benzene ring substituents is 1. The lowest BCUT2D eigenvalue weighted by atomic mass is 9.96. The minimum Gasteiger partial charge on any atom is -0.461 e. The number of hydrogen-bond donors (Lipinski definition) is 0. The van der Waals surface area contributed by atoms with Crippen LogP contribution >= 0.6 is 11.6 Å². The van der Waals surface area contributed by atoms with Gasteiger partial charge in [0.15, 0.2) is 0 Å². The van der Waals surface area contributed by atoms with E-state index >= 15 is 0 Å². The number of nitro benzene ring substituents is 1. The summed E-state index contributed by atoms with van der Waals surface area (Å²) in [6.07, 6.45) is 0. The molecule has 0 aliphatic heterocycles. The summed E-state index contributed by atoms with van der Waals surface area (Å²) < 4.78 is 6.31. The molecule has 0 amide bonds. The highest BCUT2D eigenvalue weighted by atomic mass is 35.5. The van der Waals surface area contributed by atoms with Crippen LogP contribution < -0.4 is 5.56 Å². The van der Waals surface area contributed by atoms with Crippen LogP contribution in [0.2, 0.25) is 5.02 Å². The molecule has 8 heteroatoms. The largest absolute Gasteiger partial charge is 0.461 e. The molecular weight excluding hydrogens is 372 g/mol. The van der Waals surface area contributed by atoms with Gasteiger partial charge in [0, 0.05) is 35.2 Å². The Labute approximate surface area is 158 Å². The van der Waals surface area contributed by atoms with Crippen LogP contribution in [0.5, 0.6) is 0 Å². The van der Waals surface area contributed by atoms with Crippen molar-refractivity contribution in [2.24, 2.45) is 7.05 Å². The number of ether oxygens (including phenoxy) is 1. The van der Waals surface area contributed by atoms with Crippen molar-refractivity contribution < 1.29 is 14.5 Å². The number of nitro groups is 1. The van der Waals surface area contributed by atoms with Gasteiger partial charge in [0.1, 0.15) is 5.69 Å². The van der Waals surface area contributed by atoms with Crippen LogP contribution in [0.4, 0.5) is 5.69 Å². The Morgan fingerprint density at radius 1 is 1.22 bits per heavy atom. The molecule has 0 saturated heterocycles. The van der Waals surface area contributed by atoms with Crippen LogP contribution in [0.15, 0.2) is 47.3 Å². The summed E-state index contributed by atoms with van der Waals surface area (Å²) in [4.78, 5) is 36.0. The first-order valence-electron chi connectivity index (χ1n) is 8.09. The van der Waals surface area contributed by atoms with Crippen LogP contribution in [0.1, 0.15) is 17.4 Å². The highest BCUT2D eigenvalue weighted by Crippen LogP contribution is 2.34. The molecule has 0 radical (unpaired) electrons. The fourth-order valence-corrected chi connectivity index (χ4v) is 3.17. The van der Waals surface area contributed by atoms with E-state index in [2.05, 4.69) is 0 Å². The Hall–Kier alpha value is -3.19. The summed E-state index contributed by atoms with van der Waals surface area (Å²) in [5.41, 5.74) is 0.259. The summed E-state index contributed by atoms with van der Waals surface area (Å²) in [5, 5.41) is 12.3. The molecule has 0 bridgehead atoms. The summed E-state index contributed by atoms with van der Waals surface area (Å²) in [5.74, 6) is -0.694. The smallest absolute Gasteiger partial charge is 0.355 e. The Balaban J connectivity index is 2.49. The number of halogens is 1. The van der Waals surface area contributed by atoms with E-state index in [1.165, 1.54) is 29.8 Å². The van der Waals surface area contributed by atoms with Gasteiger partial charge in [0.05, 0.1) is 11.5 Å². The summed E-state index contributed by atoms with van der Waals surface area (Å²) in [7, 11) is 1.46. The standard InChI is InChI=1S/C19H15ClN2O5/c1-3-27-19(24)17-16(11-5-4-6-13(9-11)22(25)26)15-10-12(20)7-8-14(15)18(23)21(17)2/h4-10H,3H2,1-2H3. The molecule has 138 valence electrons. The molecule has 27 heavy (non-hydrogen) atoms. The van der Waals surface area contributed by atoms with Crippen molar-refractivity contribution in [2.45, 2.75) is 6.92 Å². The maximum atomic E-state index is 12.7. The summed E-state index contributed by atoms with van der Waals surface area (Å²) in [6, 6.07) is 10.6. The van der Waals surface area contributed by atoms with Gasteiger partial charge in [-0.25, -0.2) is 4.79 Å². The Kier molecular flexibility index (Phi) is 4.96. The van der Waals surface area contributed by atoms with Gasteiger partial charge in [-0.15, -0.1) is 0 Å². The number of pyridine rings is 1. The zero-order chi connectivity index (χ0) is 19.7. The van der Waals surface area contributed by atoms with Crippen molar-refractivity contribution in [3.05, 3.63) is 73.6 Å². The summed E-state index contributed by atoms with van der Waals surface area (Å²) >= 11 is 6.11. The molecule has 0 spiro atoms. The predicted octanol–water partition coefficient (Wildman–Crippen LogP) is 3.94. The third kappa shape index (κ3) is 3.29. The van der Waals surface area contributed by atoms with E-state index in [0.29, 0.717) is 26.9 Å². The topological polar surface area (TPSA) is 91.4 Å². The normalized spacial score (nSPS) is 10.8. The Morgan fingerprint density at radius 2 is 1.96 bits per heavy atom. The van der Waals surface area contributed by atoms with E-state index in [0.717, 1.165) is 0 Å². The quantitative estimate of drug-likeness (QED) is 0.384. The number of carbonyl (C=O) groups is 1. The Bertz CT molecular complexity index is 1140. The minimum absolute atomic E-state index is 0.0112. The van der Waals surface area contributed by atoms with E-state index in [1.54, 1.807) is 31.2 Å². The molecule has 0 saturated carbocycles. The lowest BCUT2D eigenvalue weighted by molar-refractivity contribution is -0.384. The monoisotopic (exact) mass is 386 g/mol. The molecule has 0 N–H and O–H groups in total. The first-order chi connectivity index (χ1) is 12.8. The zero-order valence-electron chi connectivity index (χ0n) is 14.6. The van der Waals surface area contributed by atoms with Gasteiger partial charge in [-0.3, -0.25) is 14.9 Å². The van der Waals surface area contributed by atoms with E-state index in [9.17, 15) is 19.7 Å². The predicted molar refractivity (Wildman–Crippen MR) is 102 cm³/mol. The number of fused-ring (bicyclic) bond motifs is 1. The van der Waals surface area contributed by atoms with E-state index < -0.39 is 10.9 Å². The first-order valence-corrected chi connectivity index (χ1v) is 8.47. The molecule has 7 nitrogen and oxygen atoms in total. The zero-order valence-corrected chi connectivity index (χ0v) is 15.3. The maximum absolute atomic E-state index is 12.7. The molecule has 0 fully saturated rings. The van der Waals surface area contributed by atoms with Crippen molar-refractivity contribution >= 4 is 34.0 Å². The van der Waals surface area contributed by atoms with Gasteiger partial charge < -0.3 is 9.30 Å². The van der Waals surface area contributed by atoms with Crippen molar-refractivity contribution in [1.82, 2.24) is 4.57 Å². The second kappa shape index (κ2) is 7.20. The molecule has 1 heterocycles. The number of benzene rings is 2. The van der Waals surface area contributed by atoms with Gasteiger partial charge in [0.2, 0.25) is 0 Å². The highest BCUT2D eigenvalue weighted by molar-refractivity contribution is 6.31. The van der Waals surface area contributed by atoms with Gasteiger partial charge in [-0.1, -0.05) is 23.7 Å². The SMILES string of the molecule is CCOC(=O)c1c(-c2cccc([N+](=O)[O-])c2)c2cc(Cl)ccc2c(=O)n1C. The third-order valence-electron chi connectivity index (χ3n) is 4.17. The minimum atomic E-state index is -0.694. The molecular formula is C19H15ClN2O5. The van der Waals surface area contributed by atoms with E-state index in [-0.39, 0.29) is 23.5 Å². The second-order valence-electron chi connectivity index (χ2n) is 5.81. The number of hydrogen-bond acceptors (Lipinski definition) is 5. The fourth-order valence-electron chi connectivity index (χ4n) is 2.99. The first kappa shape index (κ1) is 18.6. The number of esters is 1. The van der Waals surface area contributed by atoms with Crippen molar-refractivity contribution in [3.8, 4) is 11.1 Å². The highest BCUT2D eigenvalue weighted by Gasteiger charge is 2.24. The fraction of sp³-hybridized carbons (Fsp3) is 0.158. The molecule has 0 aliphatic rings. The van der Waals surface area contributed by atoms with Gasteiger partial charge in [-0.05, 0) is 36.1 Å². The van der Waals surface area contributed by atoms with Crippen molar-refractivity contribution in [1.29, 1.82) is 0 Å². The average Bonchev–Trinajstić information content (AvgIpc) is 2.64. The van der Waals surface area contributed by atoms with Crippen LogP contribution in [-0.2, 0) is 11.8 Å². The maximum Gasteiger partial charge on any atom is 0.355 e. The molecule has 3 aromatic rings. The molecule has 1 aromatic heterocycles. The lowest BCUT2D eigenvalue weighted by Gasteiger charge is -2.16. The van der Waals surface area contributed by atoms with E-state index in [4.69, 9.17) is 16.3 Å². The van der Waals surface area contributed by atoms with Gasteiger partial charge >= 0.3 is 5.97 Å². The van der Waals surface area contributed by atoms with Crippen LogP contribution in [0.25, 0.3) is 21.9 Å². The van der Waals surface area contributed by atoms with Crippen molar-refractivity contribution in [2.75, 3.05) is 6.61 Å². The Morgan fingerprint density at radius 3 is 2.63 bits per heavy atom. The second-order valence-corrected chi connectivity index (χ2v) is 6.24. The molecule has 0 unspecified atom stereocenters. The average molecular weight is 387 g/mol. The lowest BCUT2D eigenvalue weighted by Crippen LogP contribution is -2.26. The number of aromatic nitrogens is 1. The number of carbonyl (C=O) groups excluding carboxylic acids is 1. The van der Waals surface area contributed by atoms with Crippen LogP contribution in [-0.4, -0.2) is 22.1 Å². The van der Waals surface area contributed by atoms with Crippen LogP contribution in [0.3, 0.4) is 0 Å².